The maximum atomic E-state index is 13.9. The predicted molar refractivity (Wildman–Crippen MR) is 66.5 cm³/mol. The molecule has 9 heteroatoms. The minimum Gasteiger partial charge on any atom is -0.308 e. The van der Waals surface area contributed by atoms with Crippen LogP contribution >= 0.6 is 0 Å². The minimum absolute atomic E-state index is 0.145. The van der Waals surface area contributed by atoms with Gasteiger partial charge in [0.2, 0.25) is 5.82 Å². The normalized spacial score (nSPS) is 13.0. The molecule has 0 aliphatic heterocycles. The maximum absolute atomic E-state index is 13.9. The van der Waals surface area contributed by atoms with Crippen molar-refractivity contribution in [3.05, 3.63) is 41.6 Å². The standard InChI is InChI=1S/C12H9F4N5/c1-7(12(14,15)16)9(5-17)8-4-10(13)11(18-6-8)21-19-2-3-20-21/h2-6,17H,1H3/b9-7-,17-5?. The molecule has 0 saturated carbocycles. The Bertz CT molecular complexity index is 688. The lowest BCUT2D eigenvalue weighted by atomic mass is 10.0. The van der Waals surface area contributed by atoms with E-state index in [4.69, 9.17) is 5.41 Å². The summed E-state index contributed by atoms with van der Waals surface area (Å²) in [5, 5.41) is 14.5. The van der Waals surface area contributed by atoms with Gasteiger partial charge in [0.25, 0.3) is 0 Å². The van der Waals surface area contributed by atoms with Crippen LogP contribution in [0.1, 0.15) is 12.5 Å². The van der Waals surface area contributed by atoms with Crippen LogP contribution in [0.25, 0.3) is 11.4 Å². The van der Waals surface area contributed by atoms with Gasteiger partial charge in [-0.3, -0.25) is 0 Å². The van der Waals surface area contributed by atoms with Gasteiger partial charge in [-0.15, -0.1) is 4.80 Å². The Morgan fingerprint density at radius 2 is 1.90 bits per heavy atom. The fraction of sp³-hybridized carbons (Fsp3) is 0.167. The topological polar surface area (TPSA) is 67.5 Å². The zero-order chi connectivity index (χ0) is 15.6. The Morgan fingerprint density at radius 1 is 1.29 bits per heavy atom. The van der Waals surface area contributed by atoms with Crippen LogP contribution in [0.3, 0.4) is 0 Å². The van der Waals surface area contributed by atoms with Gasteiger partial charge in [-0.2, -0.15) is 23.4 Å². The Labute approximate surface area is 116 Å². The third kappa shape index (κ3) is 2.96. The highest BCUT2D eigenvalue weighted by Gasteiger charge is 2.32. The summed E-state index contributed by atoms with van der Waals surface area (Å²) in [6.45, 7) is 0.821. The number of halogens is 4. The van der Waals surface area contributed by atoms with E-state index in [1.54, 1.807) is 0 Å². The zero-order valence-electron chi connectivity index (χ0n) is 10.7. The van der Waals surface area contributed by atoms with Gasteiger partial charge < -0.3 is 5.41 Å². The van der Waals surface area contributed by atoms with Crippen molar-refractivity contribution in [1.29, 1.82) is 5.41 Å². The number of pyridine rings is 1. The van der Waals surface area contributed by atoms with E-state index < -0.39 is 23.1 Å². The highest BCUT2D eigenvalue weighted by Crippen LogP contribution is 2.31. The average molecular weight is 299 g/mol. The molecule has 2 rings (SSSR count). The van der Waals surface area contributed by atoms with Gasteiger partial charge in [-0.1, -0.05) is 0 Å². The number of aromatic nitrogens is 4. The van der Waals surface area contributed by atoms with Gasteiger partial charge in [-0.25, -0.2) is 9.37 Å². The summed E-state index contributed by atoms with van der Waals surface area (Å²) in [6, 6.07) is 0.862. The largest absolute Gasteiger partial charge is 0.413 e. The highest BCUT2D eigenvalue weighted by atomic mass is 19.4. The molecule has 0 bridgehead atoms. The molecule has 21 heavy (non-hydrogen) atoms. The van der Waals surface area contributed by atoms with Crippen molar-refractivity contribution in [2.75, 3.05) is 0 Å². The van der Waals surface area contributed by atoms with E-state index in [1.807, 2.05) is 0 Å². The van der Waals surface area contributed by atoms with Gasteiger partial charge in [0, 0.05) is 29.1 Å². The van der Waals surface area contributed by atoms with E-state index >= 15 is 0 Å². The smallest absolute Gasteiger partial charge is 0.308 e. The number of nitrogens with zero attached hydrogens (tertiary/aromatic N) is 4. The zero-order valence-corrected chi connectivity index (χ0v) is 10.7. The molecule has 0 radical (unpaired) electrons. The molecule has 110 valence electrons. The van der Waals surface area contributed by atoms with Crippen LogP contribution in [0.2, 0.25) is 0 Å². The second-order valence-electron chi connectivity index (χ2n) is 4.03. The highest BCUT2D eigenvalue weighted by molar-refractivity contribution is 6.09. The number of hydrogen-bond acceptors (Lipinski definition) is 4. The van der Waals surface area contributed by atoms with Crippen molar-refractivity contribution in [3.63, 3.8) is 0 Å². The first kappa shape index (κ1) is 14.8. The number of alkyl halides is 3. The first-order chi connectivity index (χ1) is 9.84. The monoisotopic (exact) mass is 299 g/mol. The second-order valence-corrected chi connectivity index (χ2v) is 4.03. The fourth-order valence-corrected chi connectivity index (χ4v) is 1.61. The Hall–Kier alpha value is -2.58. The predicted octanol–water partition coefficient (Wildman–Crippen LogP) is 2.79. The first-order valence-corrected chi connectivity index (χ1v) is 5.65. The molecule has 5 nitrogen and oxygen atoms in total. The van der Waals surface area contributed by atoms with E-state index in [2.05, 4.69) is 15.2 Å². The molecule has 0 fully saturated rings. The SMILES string of the molecule is C/C(=C(\C=N)c1cnc(-n2nccn2)c(F)c1)C(F)(F)F. The maximum Gasteiger partial charge on any atom is 0.413 e. The molecule has 0 unspecified atom stereocenters. The van der Waals surface area contributed by atoms with Crippen LogP contribution in [-0.4, -0.2) is 32.4 Å². The Balaban J connectivity index is 2.51. The van der Waals surface area contributed by atoms with Crippen molar-refractivity contribution in [3.8, 4) is 5.82 Å². The van der Waals surface area contributed by atoms with Crippen molar-refractivity contribution >= 4 is 11.8 Å². The minimum atomic E-state index is -4.61. The first-order valence-electron chi connectivity index (χ1n) is 5.65. The van der Waals surface area contributed by atoms with E-state index in [-0.39, 0.29) is 11.4 Å². The Morgan fingerprint density at radius 3 is 2.38 bits per heavy atom. The lowest BCUT2D eigenvalue weighted by Crippen LogP contribution is -2.12. The van der Waals surface area contributed by atoms with Gasteiger partial charge in [0.15, 0.2) is 5.82 Å². The van der Waals surface area contributed by atoms with Crippen molar-refractivity contribution in [1.82, 2.24) is 20.0 Å². The van der Waals surface area contributed by atoms with Gasteiger partial charge in [-0.05, 0) is 13.0 Å². The lowest BCUT2D eigenvalue weighted by Gasteiger charge is -2.12. The fourth-order valence-electron chi connectivity index (χ4n) is 1.61. The number of rotatable bonds is 3. The molecule has 0 aromatic carbocycles. The summed E-state index contributed by atoms with van der Waals surface area (Å²) in [6.07, 6.45) is -0.425. The third-order valence-corrected chi connectivity index (χ3v) is 2.71. The molecule has 0 aliphatic rings. The van der Waals surface area contributed by atoms with E-state index in [0.717, 1.165) is 24.0 Å². The number of nitrogens with one attached hydrogen (secondary N) is 1. The molecule has 2 aromatic rings. The van der Waals surface area contributed by atoms with Crippen LogP contribution in [0.5, 0.6) is 0 Å². The van der Waals surface area contributed by atoms with Gasteiger partial charge >= 0.3 is 6.18 Å². The third-order valence-electron chi connectivity index (χ3n) is 2.71. The van der Waals surface area contributed by atoms with Crippen LogP contribution in [0.15, 0.2) is 30.2 Å². The van der Waals surface area contributed by atoms with E-state index in [0.29, 0.717) is 6.21 Å². The summed E-state index contributed by atoms with van der Waals surface area (Å²) in [5.41, 5.74) is -1.59. The molecule has 0 amide bonds. The van der Waals surface area contributed by atoms with Crippen LogP contribution in [-0.2, 0) is 0 Å². The molecule has 0 atom stereocenters. The van der Waals surface area contributed by atoms with E-state index in [9.17, 15) is 17.6 Å². The molecule has 0 aliphatic carbocycles. The van der Waals surface area contributed by atoms with E-state index in [1.165, 1.54) is 12.4 Å². The van der Waals surface area contributed by atoms with Crippen molar-refractivity contribution in [2.45, 2.75) is 13.1 Å². The summed E-state index contributed by atoms with van der Waals surface area (Å²) in [7, 11) is 0. The quantitative estimate of drug-likeness (QED) is 0.700. The number of allylic oxidation sites excluding steroid dienone is 2. The average Bonchev–Trinajstić information content (AvgIpc) is 2.92. The molecule has 0 spiro atoms. The van der Waals surface area contributed by atoms with Crippen molar-refractivity contribution < 1.29 is 17.6 Å². The lowest BCUT2D eigenvalue weighted by molar-refractivity contribution is -0.0905. The summed E-state index contributed by atoms with van der Waals surface area (Å²) in [4.78, 5) is 4.62. The molecular weight excluding hydrogens is 290 g/mol. The Kier molecular flexibility index (Phi) is 3.83. The molecule has 1 N–H and O–H groups in total. The van der Waals surface area contributed by atoms with Crippen LogP contribution in [0, 0.1) is 11.2 Å². The molecule has 2 heterocycles. The molecule has 0 saturated heterocycles. The van der Waals surface area contributed by atoms with Gasteiger partial charge in [0.05, 0.1) is 12.4 Å². The molecule has 2 aromatic heterocycles. The van der Waals surface area contributed by atoms with Crippen LogP contribution < -0.4 is 0 Å². The van der Waals surface area contributed by atoms with Gasteiger partial charge in [0.1, 0.15) is 0 Å². The summed E-state index contributed by atoms with van der Waals surface area (Å²) >= 11 is 0. The summed E-state index contributed by atoms with van der Waals surface area (Å²) < 4.78 is 52.0. The van der Waals surface area contributed by atoms with Crippen molar-refractivity contribution in [2.24, 2.45) is 0 Å². The summed E-state index contributed by atoms with van der Waals surface area (Å²) in [5.74, 6) is -1.13. The molecular formula is C12H9F4N5. The number of hydrogen-bond donors (Lipinski definition) is 1. The van der Waals surface area contributed by atoms with Crippen LogP contribution in [0.4, 0.5) is 17.6 Å². The second kappa shape index (κ2) is 5.43.